The van der Waals surface area contributed by atoms with Crippen LogP contribution in [-0.2, 0) is 24.2 Å². The van der Waals surface area contributed by atoms with Crippen molar-refractivity contribution < 1.29 is 24.5 Å². The monoisotopic (exact) mass is 576 g/mol. The molecule has 41 heavy (non-hydrogen) atoms. The molecule has 1 unspecified atom stereocenters. The van der Waals surface area contributed by atoms with Crippen molar-refractivity contribution in [3.63, 3.8) is 0 Å². The van der Waals surface area contributed by atoms with Crippen LogP contribution in [-0.4, -0.2) is 88.9 Å². The Kier molecular flexibility index (Phi) is 8.34. The molecule has 0 saturated carbocycles. The highest BCUT2D eigenvalue weighted by Gasteiger charge is 2.31. The van der Waals surface area contributed by atoms with Gasteiger partial charge >= 0.3 is 5.97 Å². The van der Waals surface area contributed by atoms with Crippen LogP contribution in [0.4, 0.5) is 5.69 Å². The molecule has 1 atom stereocenters. The van der Waals surface area contributed by atoms with Crippen molar-refractivity contribution in [2.75, 3.05) is 50.8 Å². The van der Waals surface area contributed by atoms with Crippen molar-refractivity contribution in [1.82, 2.24) is 14.8 Å². The maximum absolute atomic E-state index is 13.6. The van der Waals surface area contributed by atoms with E-state index >= 15 is 0 Å². The number of aromatic nitrogens is 1. The molecule has 3 aliphatic rings. The Bertz CT molecular complexity index is 1430. The van der Waals surface area contributed by atoms with E-state index in [4.69, 9.17) is 9.84 Å². The summed E-state index contributed by atoms with van der Waals surface area (Å²) in [7, 11) is 0. The second-order valence-electron chi connectivity index (χ2n) is 11.1. The number of likely N-dealkylation sites (tertiary alicyclic amines) is 1. The SMILES string of the molecule is O=C(O)CN1CCc2nc(C(=O)N3CCc4c(-c5cccc(OCCCCN6CCC(O)C6)c5)cccc43)sc2C1. The Labute approximate surface area is 244 Å². The summed E-state index contributed by atoms with van der Waals surface area (Å²) in [6.07, 6.45) is 4.14. The molecule has 0 bridgehead atoms. The molecule has 1 amide bonds. The van der Waals surface area contributed by atoms with Crippen LogP contribution >= 0.6 is 11.3 Å². The van der Waals surface area contributed by atoms with E-state index in [0.29, 0.717) is 37.7 Å². The van der Waals surface area contributed by atoms with Crippen molar-refractivity contribution in [3.8, 4) is 16.9 Å². The van der Waals surface area contributed by atoms with Crippen LogP contribution in [0.2, 0.25) is 0 Å². The highest BCUT2D eigenvalue weighted by molar-refractivity contribution is 7.13. The van der Waals surface area contributed by atoms with Gasteiger partial charge in [-0.1, -0.05) is 24.3 Å². The van der Waals surface area contributed by atoms with Crippen molar-refractivity contribution >= 4 is 28.9 Å². The first-order valence-corrected chi connectivity index (χ1v) is 15.3. The minimum atomic E-state index is -0.842. The number of aliphatic hydroxyl groups is 1. The summed E-state index contributed by atoms with van der Waals surface area (Å²) >= 11 is 1.39. The van der Waals surface area contributed by atoms with Crippen LogP contribution in [0, 0.1) is 0 Å². The van der Waals surface area contributed by atoms with Gasteiger partial charge in [0.15, 0.2) is 5.01 Å². The van der Waals surface area contributed by atoms with Crippen LogP contribution in [0.15, 0.2) is 42.5 Å². The van der Waals surface area contributed by atoms with E-state index in [1.54, 1.807) is 0 Å². The number of benzene rings is 2. The Hall–Kier alpha value is -3.31. The molecule has 1 fully saturated rings. The summed E-state index contributed by atoms with van der Waals surface area (Å²) in [6, 6.07) is 14.3. The molecule has 6 rings (SSSR count). The van der Waals surface area contributed by atoms with E-state index in [2.05, 4.69) is 28.1 Å². The lowest BCUT2D eigenvalue weighted by atomic mass is 9.98. The molecule has 2 aromatic carbocycles. The van der Waals surface area contributed by atoms with Gasteiger partial charge in [-0.2, -0.15) is 0 Å². The summed E-state index contributed by atoms with van der Waals surface area (Å²) in [5.41, 5.74) is 5.17. The van der Waals surface area contributed by atoms with Gasteiger partial charge in [-0.25, -0.2) is 4.98 Å². The quantitative estimate of drug-likeness (QED) is 0.352. The first-order valence-electron chi connectivity index (χ1n) is 14.4. The second kappa shape index (κ2) is 12.3. The molecule has 216 valence electrons. The minimum absolute atomic E-state index is 0.000348. The number of carbonyl (C=O) groups is 2. The molecular formula is C31H36N4O5S. The van der Waals surface area contributed by atoms with Gasteiger partial charge in [0, 0.05) is 49.7 Å². The summed E-state index contributed by atoms with van der Waals surface area (Å²) in [6.45, 7) is 5.18. The second-order valence-corrected chi connectivity index (χ2v) is 12.2. The number of aliphatic hydroxyl groups excluding tert-OH is 1. The molecule has 3 aromatic rings. The normalized spacial score (nSPS) is 18.9. The Balaban J connectivity index is 1.10. The van der Waals surface area contributed by atoms with Crippen molar-refractivity contribution in [2.45, 2.75) is 44.8 Å². The lowest BCUT2D eigenvalue weighted by Gasteiger charge is -2.23. The number of β-amino-alcohol motifs (C(OH)–C–C–N with tert-alkyl or cyclic N) is 1. The number of carbonyl (C=O) groups excluding carboxylic acids is 1. The molecule has 0 aliphatic carbocycles. The van der Waals surface area contributed by atoms with Crippen LogP contribution in [0.5, 0.6) is 5.75 Å². The molecule has 3 aliphatic heterocycles. The number of hydrogen-bond donors (Lipinski definition) is 2. The number of carboxylic acid groups (broad SMARTS) is 1. The van der Waals surface area contributed by atoms with Gasteiger partial charge < -0.3 is 24.7 Å². The third kappa shape index (κ3) is 6.30. The number of fused-ring (bicyclic) bond motifs is 2. The smallest absolute Gasteiger partial charge is 0.317 e. The predicted octanol–water partition coefficient (Wildman–Crippen LogP) is 3.68. The highest BCUT2D eigenvalue weighted by atomic mass is 32.1. The third-order valence-electron chi connectivity index (χ3n) is 8.15. The number of amides is 1. The Morgan fingerprint density at radius 1 is 1.05 bits per heavy atom. The highest BCUT2D eigenvalue weighted by Crippen LogP contribution is 2.38. The molecule has 0 spiro atoms. The minimum Gasteiger partial charge on any atom is -0.494 e. The number of aliphatic carboxylic acids is 1. The van der Waals surface area contributed by atoms with Gasteiger partial charge in [-0.3, -0.25) is 14.5 Å². The molecule has 1 saturated heterocycles. The van der Waals surface area contributed by atoms with Crippen molar-refractivity contribution in [1.29, 1.82) is 0 Å². The van der Waals surface area contributed by atoms with Crippen LogP contribution in [0.3, 0.4) is 0 Å². The average molecular weight is 577 g/mol. The third-order valence-corrected chi connectivity index (χ3v) is 9.23. The van der Waals surface area contributed by atoms with E-state index in [1.807, 2.05) is 34.1 Å². The fourth-order valence-corrected chi connectivity index (χ4v) is 7.19. The number of anilines is 1. The Morgan fingerprint density at radius 3 is 2.76 bits per heavy atom. The number of nitrogens with zero attached hydrogens (tertiary/aromatic N) is 4. The number of rotatable bonds is 10. The standard InChI is InChI=1S/C31H36N4O5S/c36-22-9-13-33(18-22)12-1-2-16-40-23-6-3-5-21(17-23)24-7-4-8-27-25(24)10-15-35(27)31(39)30-32-26-11-14-34(20-29(37)38)19-28(26)41-30/h3-8,17,22,36H,1-2,9-16,18-20H2,(H,37,38). The zero-order chi connectivity index (χ0) is 28.3. The van der Waals surface area contributed by atoms with E-state index < -0.39 is 5.97 Å². The lowest BCUT2D eigenvalue weighted by molar-refractivity contribution is -0.138. The van der Waals surface area contributed by atoms with Gasteiger partial charge in [-0.05, 0) is 67.1 Å². The first kappa shape index (κ1) is 27.8. The molecule has 10 heteroatoms. The van der Waals surface area contributed by atoms with Crippen LogP contribution in [0.25, 0.3) is 11.1 Å². The average Bonchev–Trinajstić information content (AvgIpc) is 3.70. The Morgan fingerprint density at radius 2 is 1.93 bits per heavy atom. The zero-order valence-electron chi connectivity index (χ0n) is 23.1. The number of carboxylic acids is 1. The van der Waals surface area contributed by atoms with Crippen LogP contribution < -0.4 is 9.64 Å². The van der Waals surface area contributed by atoms with E-state index in [0.717, 1.165) is 84.0 Å². The predicted molar refractivity (Wildman–Crippen MR) is 158 cm³/mol. The number of ether oxygens (including phenoxy) is 1. The fourth-order valence-electron chi connectivity index (χ4n) is 6.09. The van der Waals surface area contributed by atoms with E-state index in [-0.39, 0.29) is 18.6 Å². The molecule has 4 heterocycles. The summed E-state index contributed by atoms with van der Waals surface area (Å²) in [5, 5.41) is 19.3. The number of thiazole rings is 1. The molecule has 2 N–H and O–H groups in total. The zero-order valence-corrected chi connectivity index (χ0v) is 23.9. The summed E-state index contributed by atoms with van der Waals surface area (Å²) in [4.78, 5) is 36.4. The van der Waals surface area contributed by atoms with E-state index in [1.165, 1.54) is 11.3 Å². The first-order chi connectivity index (χ1) is 19.9. The topological polar surface area (TPSA) is 106 Å². The summed E-state index contributed by atoms with van der Waals surface area (Å²) < 4.78 is 6.08. The maximum atomic E-state index is 13.6. The van der Waals surface area contributed by atoms with Gasteiger partial charge in [0.25, 0.3) is 5.91 Å². The van der Waals surface area contributed by atoms with E-state index in [9.17, 15) is 14.7 Å². The fraction of sp³-hybridized carbons (Fsp3) is 0.452. The van der Waals surface area contributed by atoms with Gasteiger partial charge in [-0.15, -0.1) is 11.3 Å². The largest absolute Gasteiger partial charge is 0.494 e. The van der Waals surface area contributed by atoms with Crippen molar-refractivity contribution in [3.05, 3.63) is 63.6 Å². The number of hydrogen-bond acceptors (Lipinski definition) is 8. The molecule has 1 aromatic heterocycles. The lowest BCUT2D eigenvalue weighted by Crippen LogP contribution is -2.34. The summed E-state index contributed by atoms with van der Waals surface area (Å²) in [5.74, 6) is -0.0930. The molecule has 0 radical (unpaired) electrons. The van der Waals surface area contributed by atoms with Crippen LogP contribution in [0.1, 0.15) is 45.2 Å². The van der Waals surface area contributed by atoms with Gasteiger partial charge in [0.1, 0.15) is 5.75 Å². The van der Waals surface area contributed by atoms with Crippen molar-refractivity contribution in [2.24, 2.45) is 0 Å². The van der Waals surface area contributed by atoms with Gasteiger partial charge in [0.05, 0.1) is 24.9 Å². The van der Waals surface area contributed by atoms with Gasteiger partial charge in [0.2, 0.25) is 0 Å². The maximum Gasteiger partial charge on any atom is 0.317 e. The molecule has 9 nitrogen and oxygen atoms in total. The molecular weight excluding hydrogens is 540 g/mol. The number of unbranched alkanes of at least 4 members (excludes halogenated alkanes) is 1.